The van der Waals surface area contributed by atoms with Crippen molar-refractivity contribution in [3.05, 3.63) is 41.2 Å². The first-order valence-corrected chi connectivity index (χ1v) is 8.91. The van der Waals surface area contributed by atoms with Crippen molar-refractivity contribution in [3.8, 4) is 5.75 Å². The number of imidazole rings is 1. The molecule has 0 spiro atoms. The molecule has 6 nitrogen and oxygen atoms in total. The predicted molar refractivity (Wildman–Crippen MR) is 98.6 cm³/mol. The van der Waals surface area contributed by atoms with E-state index in [1.54, 1.807) is 7.11 Å². The van der Waals surface area contributed by atoms with E-state index < -0.39 is 0 Å². The summed E-state index contributed by atoms with van der Waals surface area (Å²) < 4.78 is 7.64. The van der Waals surface area contributed by atoms with Gasteiger partial charge in [-0.2, -0.15) is 0 Å². The number of pyridine rings is 1. The fourth-order valence-corrected chi connectivity index (χ4v) is 3.62. The zero-order chi connectivity index (χ0) is 18.0. The average Bonchev–Trinajstić information content (AvgIpc) is 2.98. The minimum absolute atomic E-state index is 0.498. The fourth-order valence-electron chi connectivity index (χ4n) is 3.62. The lowest BCUT2D eigenvalue weighted by atomic mass is 10.1. The van der Waals surface area contributed by atoms with Gasteiger partial charge < -0.3 is 9.30 Å². The molecule has 6 heteroatoms. The maximum Gasteiger partial charge on any atom is 0.128 e. The van der Waals surface area contributed by atoms with Crippen LogP contribution in [0.4, 0.5) is 0 Å². The maximum absolute atomic E-state index is 5.54. The van der Waals surface area contributed by atoms with Gasteiger partial charge in [0, 0.05) is 69.0 Å². The van der Waals surface area contributed by atoms with Crippen LogP contribution in [0.1, 0.15) is 29.6 Å². The van der Waals surface area contributed by atoms with Gasteiger partial charge in [-0.25, -0.2) is 4.98 Å². The number of rotatable bonds is 5. The molecule has 0 radical (unpaired) electrons. The summed E-state index contributed by atoms with van der Waals surface area (Å²) in [5.74, 6) is 2.09. The molecular formula is C19H29N5O. The molecule has 1 saturated heterocycles. The summed E-state index contributed by atoms with van der Waals surface area (Å²) in [7, 11) is 3.79. The number of piperazine rings is 1. The number of hydrogen-bond donors (Lipinski definition) is 0. The first kappa shape index (κ1) is 17.9. The van der Waals surface area contributed by atoms with Gasteiger partial charge in [-0.1, -0.05) is 0 Å². The highest BCUT2D eigenvalue weighted by atomic mass is 16.5. The first-order chi connectivity index (χ1) is 12.0. The summed E-state index contributed by atoms with van der Waals surface area (Å²) in [4.78, 5) is 14.1. The standard InChI is InChI=1S/C19H29N5O/c1-14-10-21-17(16(3)19(14)25-5)12-23-8-9-24(15(2)11-23)13-18-20-6-7-22(18)4/h6-7,10,15H,8-9,11-13H2,1-5H3. The van der Waals surface area contributed by atoms with Crippen LogP contribution in [0.2, 0.25) is 0 Å². The highest BCUT2D eigenvalue weighted by Crippen LogP contribution is 2.25. The Bertz CT molecular complexity index is 727. The second-order valence-corrected chi connectivity index (χ2v) is 7.06. The molecule has 2 aromatic rings. The van der Waals surface area contributed by atoms with E-state index >= 15 is 0 Å². The summed E-state index contributed by atoms with van der Waals surface area (Å²) in [6, 6.07) is 0.498. The highest BCUT2D eigenvalue weighted by molar-refractivity contribution is 5.41. The lowest BCUT2D eigenvalue weighted by Crippen LogP contribution is -2.51. The lowest BCUT2D eigenvalue weighted by Gasteiger charge is -2.39. The van der Waals surface area contributed by atoms with Gasteiger partial charge in [-0.05, 0) is 20.8 Å². The lowest BCUT2D eigenvalue weighted by molar-refractivity contribution is 0.0698. The predicted octanol–water partition coefficient (Wildman–Crippen LogP) is 2.15. The van der Waals surface area contributed by atoms with Crippen LogP contribution in [0.3, 0.4) is 0 Å². The van der Waals surface area contributed by atoms with Crippen LogP contribution < -0.4 is 4.74 Å². The molecule has 3 rings (SSSR count). The SMILES string of the molecule is COc1c(C)cnc(CN2CCN(Cc3nccn3C)C(C)C2)c1C. The van der Waals surface area contributed by atoms with Crippen molar-refractivity contribution in [2.24, 2.45) is 7.05 Å². The largest absolute Gasteiger partial charge is 0.496 e. The zero-order valence-corrected chi connectivity index (χ0v) is 16.0. The van der Waals surface area contributed by atoms with Gasteiger partial charge in [0.1, 0.15) is 11.6 Å². The van der Waals surface area contributed by atoms with Crippen LogP contribution in [-0.4, -0.2) is 57.1 Å². The summed E-state index contributed by atoms with van der Waals surface area (Å²) in [6.07, 6.45) is 5.80. The van der Waals surface area contributed by atoms with E-state index in [-0.39, 0.29) is 0 Å². The molecule has 1 unspecified atom stereocenters. The van der Waals surface area contributed by atoms with Gasteiger partial charge in [-0.3, -0.25) is 14.8 Å². The van der Waals surface area contributed by atoms with Crippen molar-refractivity contribution in [1.82, 2.24) is 24.3 Å². The van der Waals surface area contributed by atoms with E-state index in [0.717, 1.165) is 61.1 Å². The van der Waals surface area contributed by atoms with E-state index in [4.69, 9.17) is 4.74 Å². The molecule has 0 aliphatic carbocycles. The van der Waals surface area contributed by atoms with Gasteiger partial charge in [0.25, 0.3) is 0 Å². The third kappa shape index (κ3) is 3.85. The number of methoxy groups -OCH3 is 1. The Morgan fingerprint density at radius 2 is 2.00 bits per heavy atom. The topological polar surface area (TPSA) is 46.4 Å². The smallest absolute Gasteiger partial charge is 0.128 e. The van der Waals surface area contributed by atoms with E-state index in [0.29, 0.717) is 6.04 Å². The van der Waals surface area contributed by atoms with Crippen molar-refractivity contribution in [2.45, 2.75) is 39.9 Å². The molecule has 25 heavy (non-hydrogen) atoms. The molecule has 1 aliphatic heterocycles. The van der Waals surface area contributed by atoms with Crippen molar-refractivity contribution < 1.29 is 4.74 Å². The first-order valence-electron chi connectivity index (χ1n) is 8.91. The summed E-state index contributed by atoms with van der Waals surface area (Å²) >= 11 is 0. The normalized spacial score (nSPS) is 19.3. The molecule has 0 N–H and O–H groups in total. The molecular weight excluding hydrogens is 314 g/mol. The third-order valence-corrected chi connectivity index (χ3v) is 5.24. The molecule has 2 aromatic heterocycles. The van der Waals surface area contributed by atoms with Crippen LogP contribution in [-0.2, 0) is 20.1 Å². The summed E-state index contributed by atoms with van der Waals surface area (Å²) in [5, 5.41) is 0. The quantitative estimate of drug-likeness (QED) is 0.832. The van der Waals surface area contributed by atoms with E-state index in [1.165, 1.54) is 0 Å². The Balaban J connectivity index is 1.63. The molecule has 1 aliphatic rings. The summed E-state index contributed by atoms with van der Waals surface area (Å²) in [6.45, 7) is 11.4. The van der Waals surface area contributed by atoms with E-state index in [2.05, 4.69) is 45.2 Å². The Labute approximate surface area is 150 Å². The molecule has 3 heterocycles. The van der Waals surface area contributed by atoms with Crippen LogP contribution in [0.25, 0.3) is 0 Å². The monoisotopic (exact) mass is 343 g/mol. The molecule has 0 bridgehead atoms. The molecule has 0 aromatic carbocycles. The van der Waals surface area contributed by atoms with Crippen molar-refractivity contribution in [1.29, 1.82) is 0 Å². The maximum atomic E-state index is 5.54. The summed E-state index contributed by atoms with van der Waals surface area (Å²) in [5.41, 5.74) is 3.37. The Morgan fingerprint density at radius 3 is 2.64 bits per heavy atom. The number of aromatic nitrogens is 3. The minimum atomic E-state index is 0.498. The van der Waals surface area contributed by atoms with Gasteiger partial charge in [0.2, 0.25) is 0 Å². The van der Waals surface area contributed by atoms with E-state index in [1.807, 2.05) is 25.5 Å². The molecule has 1 atom stereocenters. The Morgan fingerprint density at radius 1 is 1.20 bits per heavy atom. The number of ether oxygens (including phenoxy) is 1. The van der Waals surface area contributed by atoms with Gasteiger partial charge in [0.15, 0.2) is 0 Å². The Kier molecular flexibility index (Phi) is 5.39. The van der Waals surface area contributed by atoms with Crippen LogP contribution in [0.15, 0.2) is 18.6 Å². The van der Waals surface area contributed by atoms with Crippen molar-refractivity contribution in [3.63, 3.8) is 0 Å². The molecule has 136 valence electrons. The molecule has 0 amide bonds. The number of aryl methyl sites for hydroxylation is 2. The van der Waals surface area contributed by atoms with Crippen LogP contribution >= 0.6 is 0 Å². The van der Waals surface area contributed by atoms with Crippen LogP contribution in [0, 0.1) is 13.8 Å². The van der Waals surface area contributed by atoms with Crippen molar-refractivity contribution in [2.75, 3.05) is 26.7 Å². The zero-order valence-electron chi connectivity index (χ0n) is 16.0. The second-order valence-electron chi connectivity index (χ2n) is 7.06. The third-order valence-electron chi connectivity index (χ3n) is 5.24. The van der Waals surface area contributed by atoms with Crippen molar-refractivity contribution >= 4 is 0 Å². The molecule has 0 saturated carbocycles. The average molecular weight is 343 g/mol. The van der Waals surface area contributed by atoms with Gasteiger partial charge >= 0.3 is 0 Å². The Hall–Kier alpha value is -1.92. The fraction of sp³-hybridized carbons (Fsp3) is 0.579. The van der Waals surface area contributed by atoms with Gasteiger partial charge in [0.05, 0.1) is 19.3 Å². The number of nitrogens with zero attached hydrogens (tertiary/aromatic N) is 5. The minimum Gasteiger partial charge on any atom is -0.496 e. The van der Waals surface area contributed by atoms with Crippen LogP contribution in [0.5, 0.6) is 5.75 Å². The number of hydrogen-bond acceptors (Lipinski definition) is 5. The highest BCUT2D eigenvalue weighted by Gasteiger charge is 2.25. The van der Waals surface area contributed by atoms with E-state index in [9.17, 15) is 0 Å². The molecule has 1 fully saturated rings. The second kappa shape index (κ2) is 7.54. The van der Waals surface area contributed by atoms with Gasteiger partial charge in [-0.15, -0.1) is 0 Å².